The Kier molecular flexibility index (Phi) is 5.54. The van der Waals surface area contributed by atoms with Crippen LogP contribution >= 0.6 is 11.3 Å². The van der Waals surface area contributed by atoms with Crippen LogP contribution in [0, 0.1) is 12.8 Å². The van der Waals surface area contributed by atoms with Crippen molar-refractivity contribution in [2.75, 3.05) is 13.1 Å². The number of carbonyl (C=O) groups excluding carboxylic acids is 2. The van der Waals surface area contributed by atoms with E-state index in [0.29, 0.717) is 11.8 Å². The number of aryl methyl sites for hydroxylation is 1. The molecule has 1 aliphatic heterocycles. The molecule has 2 heterocycles. The number of rotatable bonds is 4. The average molecular weight is 350 g/mol. The zero-order valence-corrected chi connectivity index (χ0v) is 15.4. The Hall–Kier alpha value is -1.43. The van der Waals surface area contributed by atoms with Gasteiger partial charge >= 0.3 is 0 Å². The number of nitrogens with one attached hydrogen (secondary N) is 1. The molecule has 1 aromatic rings. The first kappa shape index (κ1) is 17.4. The fourth-order valence-corrected chi connectivity index (χ4v) is 4.95. The summed E-state index contributed by atoms with van der Waals surface area (Å²) in [7, 11) is 0. The molecule has 1 saturated carbocycles. The Morgan fingerprint density at radius 2 is 2.04 bits per heavy atom. The number of piperidine rings is 1. The fraction of sp³-hybridized carbons (Fsp3) is 0.722. The van der Waals surface area contributed by atoms with Gasteiger partial charge in [0.05, 0.1) is 5.01 Å². The monoisotopic (exact) mass is 349 g/mol. The molecule has 2 aliphatic rings. The topological polar surface area (TPSA) is 62.3 Å². The molecule has 0 aromatic carbocycles. The molecule has 0 spiro atoms. The summed E-state index contributed by atoms with van der Waals surface area (Å²) < 4.78 is 0. The Labute approximate surface area is 147 Å². The van der Waals surface area contributed by atoms with E-state index in [1.165, 1.54) is 6.92 Å². The first-order valence-corrected chi connectivity index (χ1v) is 9.90. The molecule has 1 aromatic heterocycles. The number of amides is 2. The Morgan fingerprint density at radius 3 is 2.67 bits per heavy atom. The second-order valence-corrected chi connectivity index (χ2v) is 8.06. The highest BCUT2D eigenvalue weighted by Crippen LogP contribution is 2.32. The van der Waals surface area contributed by atoms with Gasteiger partial charge in [0.1, 0.15) is 6.04 Å². The SMILES string of the molecule is CC(=O)N[C@@H](C(=O)N1CCC[C@@H](c2nc(C)cs2)C1)C1CCCC1. The van der Waals surface area contributed by atoms with E-state index in [9.17, 15) is 9.59 Å². The summed E-state index contributed by atoms with van der Waals surface area (Å²) in [5.74, 6) is 0.631. The lowest BCUT2D eigenvalue weighted by Crippen LogP contribution is -2.53. The fourth-order valence-electron chi connectivity index (χ4n) is 4.03. The molecule has 2 atom stereocenters. The highest BCUT2D eigenvalue weighted by molar-refractivity contribution is 7.09. The first-order chi connectivity index (χ1) is 11.5. The zero-order chi connectivity index (χ0) is 17.1. The molecule has 1 saturated heterocycles. The third-order valence-corrected chi connectivity index (χ3v) is 6.34. The summed E-state index contributed by atoms with van der Waals surface area (Å²) in [4.78, 5) is 31.3. The third-order valence-electron chi connectivity index (χ3n) is 5.22. The van der Waals surface area contributed by atoms with E-state index >= 15 is 0 Å². The average Bonchev–Trinajstić information content (AvgIpc) is 3.23. The number of likely N-dealkylation sites (tertiary alicyclic amines) is 1. The molecule has 5 nitrogen and oxygen atoms in total. The molecule has 6 heteroatoms. The molecule has 2 fully saturated rings. The van der Waals surface area contributed by atoms with E-state index in [1.54, 1.807) is 11.3 Å². The van der Waals surface area contributed by atoms with Crippen LogP contribution in [0.25, 0.3) is 0 Å². The van der Waals surface area contributed by atoms with Crippen molar-refractivity contribution in [1.82, 2.24) is 15.2 Å². The molecule has 132 valence electrons. The standard InChI is InChI=1S/C18H27N3O2S/c1-12-11-24-17(19-12)15-8-5-9-21(10-15)18(23)16(20-13(2)22)14-6-3-4-7-14/h11,14-16H,3-10H2,1-2H3,(H,20,22)/t15-,16-/m1/s1. The molecule has 2 amide bonds. The van der Waals surface area contributed by atoms with Gasteiger partial charge in [-0.2, -0.15) is 0 Å². The van der Waals surface area contributed by atoms with Crippen molar-refractivity contribution < 1.29 is 9.59 Å². The summed E-state index contributed by atoms with van der Waals surface area (Å²) in [5.41, 5.74) is 1.06. The molecule has 0 unspecified atom stereocenters. The van der Waals surface area contributed by atoms with Gasteiger partial charge in [-0.3, -0.25) is 9.59 Å². The Bertz CT molecular complexity index is 595. The summed E-state index contributed by atoms with van der Waals surface area (Å²) in [5, 5.41) is 6.15. The van der Waals surface area contributed by atoms with Crippen LogP contribution in [0.4, 0.5) is 0 Å². The largest absolute Gasteiger partial charge is 0.344 e. The van der Waals surface area contributed by atoms with E-state index in [4.69, 9.17) is 0 Å². The smallest absolute Gasteiger partial charge is 0.245 e. The number of aromatic nitrogens is 1. The van der Waals surface area contributed by atoms with Crippen LogP contribution in [-0.2, 0) is 9.59 Å². The molecular weight excluding hydrogens is 322 g/mol. The van der Waals surface area contributed by atoms with Gasteiger partial charge < -0.3 is 10.2 Å². The molecule has 0 radical (unpaired) electrons. The molecule has 1 aliphatic carbocycles. The van der Waals surface area contributed by atoms with Crippen LogP contribution in [0.3, 0.4) is 0 Å². The number of thiazole rings is 1. The van der Waals surface area contributed by atoms with Crippen molar-refractivity contribution in [3.63, 3.8) is 0 Å². The summed E-state index contributed by atoms with van der Waals surface area (Å²) >= 11 is 1.70. The third kappa shape index (κ3) is 3.97. The lowest BCUT2D eigenvalue weighted by molar-refractivity contribution is -0.138. The maximum Gasteiger partial charge on any atom is 0.245 e. The second-order valence-electron chi connectivity index (χ2n) is 7.17. The van der Waals surface area contributed by atoms with E-state index in [2.05, 4.69) is 15.7 Å². The van der Waals surface area contributed by atoms with Crippen LogP contribution in [0.1, 0.15) is 62.1 Å². The minimum atomic E-state index is -0.346. The van der Waals surface area contributed by atoms with Gasteiger partial charge in [-0.1, -0.05) is 12.8 Å². The molecular formula is C18H27N3O2S. The van der Waals surface area contributed by atoms with Gasteiger partial charge in [0.25, 0.3) is 0 Å². The Balaban J connectivity index is 1.70. The summed E-state index contributed by atoms with van der Waals surface area (Å²) in [6.07, 6.45) is 6.50. The minimum Gasteiger partial charge on any atom is -0.344 e. The Morgan fingerprint density at radius 1 is 1.29 bits per heavy atom. The number of nitrogens with zero attached hydrogens (tertiary/aromatic N) is 2. The van der Waals surface area contributed by atoms with Gasteiger partial charge in [0.2, 0.25) is 11.8 Å². The number of carbonyl (C=O) groups is 2. The number of hydrogen-bond acceptors (Lipinski definition) is 4. The molecule has 3 rings (SSSR count). The van der Waals surface area contributed by atoms with Crippen LogP contribution < -0.4 is 5.32 Å². The number of hydrogen-bond donors (Lipinski definition) is 1. The predicted octanol–water partition coefficient (Wildman–Crippen LogP) is 2.85. The van der Waals surface area contributed by atoms with Crippen LogP contribution in [0.2, 0.25) is 0 Å². The maximum atomic E-state index is 13.1. The first-order valence-electron chi connectivity index (χ1n) is 9.02. The van der Waals surface area contributed by atoms with E-state index in [0.717, 1.165) is 62.3 Å². The summed E-state index contributed by atoms with van der Waals surface area (Å²) in [6, 6.07) is -0.346. The minimum absolute atomic E-state index is 0.107. The van der Waals surface area contributed by atoms with E-state index in [-0.39, 0.29) is 17.9 Å². The molecule has 1 N–H and O–H groups in total. The summed E-state index contributed by atoms with van der Waals surface area (Å²) in [6.45, 7) is 5.04. The van der Waals surface area contributed by atoms with Crippen molar-refractivity contribution in [1.29, 1.82) is 0 Å². The van der Waals surface area contributed by atoms with Crippen LogP contribution in [-0.4, -0.2) is 40.8 Å². The van der Waals surface area contributed by atoms with Crippen molar-refractivity contribution in [3.05, 3.63) is 16.1 Å². The molecule has 24 heavy (non-hydrogen) atoms. The lowest BCUT2D eigenvalue weighted by Gasteiger charge is -2.36. The van der Waals surface area contributed by atoms with E-state index in [1.807, 2.05) is 11.8 Å². The maximum absolute atomic E-state index is 13.1. The van der Waals surface area contributed by atoms with Gasteiger partial charge in [0.15, 0.2) is 0 Å². The van der Waals surface area contributed by atoms with Gasteiger partial charge in [0, 0.05) is 37.0 Å². The van der Waals surface area contributed by atoms with Gasteiger partial charge in [-0.25, -0.2) is 4.98 Å². The lowest BCUT2D eigenvalue weighted by atomic mass is 9.93. The highest BCUT2D eigenvalue weighted by atomic mass is 32.1. The second kappa shape index (κ2) is 7.64. The van der Waals surface area contributed by atoms with Crippen molar-refractivity contribution >= 4 is 23.2 Å². The van der Waals surface area contributed by atoms with Gasteiger partial charge in [-0.05, 0) is 38.5 Å². The van der Waals surface area contributed by atoms with Crippen molar-refractivity contribution in [3.8, 4) is 0 Å². The van der Waals surface area contributed by atoms with Crippen LogP contribution in [0.15, 0.2) is 5.38 Å². The quantitative estimate of drug-likeness (QED) is 0.909. The van der Waals surface area contributed by atoms with Crippen molar-refractivity contribution in [2.24, 2.45) is 5.92 Å². The van der Waals surface area contributed by atoms with Crippen LogP contribution in [0.5, 0.6) is 0 Å². The van der Waals surface area contributed by atoms with Gasteiger partial charge in [-0.15, -0.1) is 11.3 Å². The zero-order valence-electron chi connectivity index (χ0n) is 14.6. The van der Waals surface area contributed by atoms with Crippen molar-refractivity contribution in [2.45, 2.75) is 64.3 Å². The normalized spacial score (nSPS) is 23.2. The molecule has 0 bridgehead atoms. The predicted molar refractivity (Wildman–Crippen MR) is 95.0 cm³/mol. The highest BCUT2D eigenvalue weighted by Gasteiger charge is 2.36. The van der Waals surface area contributed by atoms with E-state index < -0.39 is 0 Å².